The Bertz CT molecular complexity index is 303. The number of phenols is 1. The third kappa shape index (κ3) is 1.80. The second-order valence-corrected chi connectivity index (χ2v) is 4.12. The molecule has 1 aromatic rings. The molecule has 1 N–H and O–H groups in total. The summed E-state index contributed by atoms with van der Waals surface area (Å²) in [5.41, 5.74) is 1.03. The summed E-state index contributed by atoms with van der Waals surface area (Å²) in [4.78, 5) is 0. The number of benzene rings is 1. The summed E-state index contributed by atoms with van der Waals surface area (Å²) in [6.07, 6.45) is 4.93. The van der Waals surface area contributed by atoms with Crippen LogP contribution in [-0.2, 0) is 0 Å². The predicted molar refractivity (Wildman–Crippen MR) is 54.3 cm³/mol. The molecule has 1 aliphatic rings. The first-order valence-corrected chi connectivity index (χ1v) is 5.13. The lowest BCUT2D eigenvalue weighted by molar-refractivity contribution is 0.461. The summed E-state index contributed by atoms with van der Waals surface area (Å²) in [6.45, 7) is 0. The molecule has 0 aromatic heterocycles. The van der Waals surface area contributed by atoms with E-state index in [-0.39, 0.29) is 0 Å². The van der Waals surface area contributed by atoms with Crippen molar-refractivity contribution in [1.82, 2.24) is 0 Å². The Balaban J connectivity index is 2.32. The Hall–Kier alpha value is -0.690. The maximum absolute atomic E-state index is 9.64. The Morgan fingerprint density at radius 1 is 1.23 bits per heavy atom. The van der Waals surface area contributed by atoms with Gasteiger partial charge in [-0.15, -0.1) is 0 Å². The standard InChI is InChI=1S/C11H13ClO/c12-9-5-6-11(13)10(7-9)8-3-1-2-4-8/h5-8,13H,1-4H2. The second-order valence-electron chi connectivity index (χ2n) is 3.68. The fourth-order valence-electron chi connectivity index (χ4n) is 2.09. The van der Waals surface area contributed by atoms with Gasteiger partial charge in [-0.25, -0.2) is 0 Å². The van der Waals surface area contributed by atoms with Gasteiger partial charge in [0, 0.05) is 5.02 Å². The fourth-order valence-corrected chi connectivity index (χ4v) is 2.27. The van der Waals surface area contributed by atoms with Gasteiger partial charge in [0.1, 0.15) is 5.75 Å². The molecule has 0 amide bonds. The lowest BCUT2D eigenvalue weighted by Crippen LogP contribution is -1.92. The highest BCUT2D eigenvalue weighted by atomic mass is 35.5. The van der Waals surface area contributed by atoms with Crippen molar-refractivity contribution in [3.8, 4) is 5.75 Å². The molecule has 1 saturated carbocycles. The van der Waals surface area contributed by atoms with E-state index in [1.165, 1.54) is 25.7 Å². The molecule has 1 fully saturated rings. The molecule has 0 spiro atoms. The maximum atomic E-state index is 9.64. The van der Waals surface area contributed by atoms with Crippen molar-refractivity contribution >= 4 is 11.6 Å². The highest BCUT2D eigenvalue weighted by Crippen LogP contribution is 2.39. The molecule has 0 bridgehead atoms. The summed E-state index contributed by atoms with van der Waals surface area (Å²) in [7, 11) is 0. The Kier molecular flexibility index (Phi) is 2.45. The molecule has 0 saturated heterocycles. The van der Waals surface area contributed by atoms with E-state index in [4.69, 9.17) is 11.6 Å². The van der Waals surface area contributed by atoms with Gasteiger partial charge in [0.25, 0.3) is 0 Å². The molecule has 70 valence electrons. The monoisotopic (exact) mass is 196 g/mol. The largest absolute Gasteiger partial charge is 0.508 e. The molecule has 2 rings (SSSR count). The summed E-state index contributed by atoms with van der Waals surface area (Å²) in [5, 5.41) is 10.4. The molecule has 0 heterocycles. The van der Waals surface area contributed by atoms with Crippen LogP contribution in [0.5, 0.6) is 5.75 Å². The summed E-state index contributed by atoms with van der Waals surface area (Å²) in [5.74, 6) is 0.926. The predicted octanol–water partition coefficient (Wildman–Crippen LogP) is 3.70. The minimum absolute atomic E-state index is 0.399. The number of aromatic hydroxyl groups is 1. The summed E-state index contributed by atoms with van der Waals surface area (Å²) >= 11 is 5.88. The lowest BCUT2D eigenvalue weighted by atomic mass is 9.97. The molecule has 0 radical (unpaired) electrons. The molecule has 1 nitrogen and oxygen atoms in total. The maximum Gasteiger partial charge on any atom is 0.119 e. The van der Waals surface area contributed by atoms with Gasteiger partial charge in [-0.05, 0) is 42.5 Å². The van der Waals surface area contributed by atoms with Gasteiger partial charge in [-0.2, -0.15) is 0 Å². The van der Waals surface area contributed by atoms with Crippen LogP contribution in [0.25, 0.3) is 0 Å². The Morgan fingerprint density at radius 2 is 1.92 bits per heavy atom. The zero-order chi connectivity index (χ0) is 9.26. The molecule has 0 unspecified atom stereocenters. The van der Waals surface area contributed by atoms with E-state index in [0.717, 1.165) is 10.6 Å². The van der Waals surface area contributed by atoms with E-state index in [1.54, 1.807) is 12.1 Å². The molecule has 1 aliphatic carbocycles. The highest BCUT2D eigenvalue weighted by molar-refractivity contribution is 6.30. The lowest BCUT2D eigenvalue weighted by Gasteiger charge is -2.11. The molecule has 0 aliphatic heterocycles. The smallest absolute Gasteiger partial charge is 0.119 e. The number of hydrogen-bond acceptors (Lipinski definition) is 1. The second kappa shape index (κ2) is 3.59. The fraction of sp³-hybridized carbons (Fsp3) is 0.455. The quantitative estimate of drug-likeness (QED) is 0.726. The van der Waals surface area contributed by atoms with E-state index < -0.39 is 0 Å². The van der Waals surface area contributed by atoms with E-state index in [9.17, 15) is 5.11 Å². The van der Waals surface area contributed by atoms with Crippen molar-refractivity contribution in [3.05, 3.63) is 28.8 Å². The topological polar surface area (TPSA) is 20.2 Å². The van der Waals surface area contributed by atoms with Crippen molar-refractivity contribution in [2.75, 3.05) is 0 Å². The molecular formula is C11H13ClO. The summed E-state index contributed by atoms with van der Waals surface area (Å²) in [6, 6.07) is 5.32. The molecule has 2 heteroatoms. The summed E-state index contributed by atoms with van der Waals surface area (Å²) < 4.78 is 0. The van der Waals surface area contributed by atoms with Crippen LogP contribution in [0.4, 0.5) is 0 Å². The number of rotatable bonds is 1. The van der Waals surface area contributed by atoms with Crippen molar-refractivity contribution in [2.24, 2.45) is 0 Å². The van der Waals surface area contributed by atoms with Crippen LogP contribution in [0, 0.1) is 0 Å². The minimum atomic E-state index is 0.399. The van der Waals surface area contributed by atoms with Gasteiger partial charge >= 0.3 is 0 Å². The molecule has 1 aromatic carbocycles. The van der Waals surface area contributed by atoms with Crippen LogP contribution in [0.3, 0.4) is 0 Å². The van der Waals surface area contributed by atoms with E-state index in [0.29, 0.717) is 11.7 Å². The first-order valence-electron chi connectivity index (χ1n) is 4.76. The molecule has 13 heavy (non-hydrogen) atoms. The van der Waals surface area contributed by atoms with E-state index in [2.05, 4.69) is 0 Å². The van der Waals surface area contributed by atoms with Gasteiger partial charge in [0.15, 0.2) is 0 Å². The number of phenolic OH excluding ortho intramolecular Hbond substituents is 1. The average Bonchev–Trinajstić information content (AvgIpc) is 2.61. The normalized spacial score (nSPS) is 17.9. The zero-order valence-electron chi connectivity index (χ0n) is 7.46. The van der Waals surface area contributed by atoms with Crippen LogP contribution < -0.4 is 0 Å². The van der Waals surface area contributed by atoms with Crippen LogP contribution in [0.2, 0.25) is 5.02 Å². The highest BCUT2D eigenvalue weighted by Gasteiger charge is 2.19. The van der Waals surface area contributed by atoms with Crippen LogP contribution in [0.1, 0.15) is 37.2 Å². The van der Waals surface area contributed by atoms with Crippen molar-refractivity contribution < 1.29 is 5.11 Å². The van der Waals surface area contributed by atoms with E-state index in [1.807, 2.05) is 6.07 Å². The van der Waals surface area contributed by atoms with Gasteiger partial charge < -0.3 is 5.11 Å². The number of hydrogen-bond donors (Lipinski definition) is 1. The van der Waals surface area contributed by atoms with Gasteiger partial charge in [-0.3, -0.25) is 0 Å². The van der Waals surface area contributed by atoms with Crippen LogP contribution in [0.15, 0.2) is 18.2 Å². The first-order chi connectivity index (χ1) is 6.27. The third-order valence-electron chi connectivity index (χ3n) is 2.78. The molecule has 0 atom stereocenters. The molecular weight excluding hydrogens is 184 g/mol. The van der Waals surface area contributed by atoms with Gasteiger partial charge in [-0.1, -0.05) is 24.4 Å². The third-order valence-corrected chi connectivity index (χ3v) is 3.02. The van der Waals surface area contributed by atoms with Crippen molar-refractivity contribution in [2.45, 2.75) is 31.6 Å². The Labute approximate surface area is 83.3 Å². The van der Waals surface area contributed by atoms with Crippen LogP contribution >= 0.6 is 11.6 Å². The zero-order valence-corrected chi connectivity index (χ0v) is 8.22. The number of halogens is 1. The van der Waals surface area contributed by atoms with Gasteiger partial charge in [0.2, 0.25) is 0 Å². The first kappa shape index (κ1) is 8.89. The Morgan fingerprint density at radius 3 is 2.62 bits per heavy atom. The SMILES string of the molecule is Oc1ccc(Cl)cc1C1CCCC1. The minimum Gasteiger partial charge on any atom is -0.508 e. The average molecular weight is 197 g/mol. The van der Waals surface area contributed by atoms with Crippen molar-refractivity contribution in [3.63, 3.8) is 0 Å². The van der Waals surface area contributed by atoms with E-state index >= 15 is 0 Å². The van der Waals surface area contributed by atoms with Crippen molar-refractivity contribution in [1.29, 1.82) is 0 Å². The van der Waals surface area contributed by atoms with Crippen LogP contribution in [-0.4, -0.2) is 5.11 Å². The van der Waals surface area contributed by atoms with Gasteiger partial charge in [0.05, 0.1) is 0 Å².